The molecule has 5 unspecified atom stereocenters. The van der Waals surface area contributed by atoms with Crippen molar-refractivity contribution in [3.8, 4) is 0 Å². The van der Waals surface area contributed by atoms with E-state index in [9.17, 15) is 34.2 Å². The lowest BCUT2D eigenvalue weighted by Gasteiger charge is -2.26. The van der Waals surface area contributed by atoms with Crippen LogP contribution in [0.3, 0.4) is 0 Å². The highest BCUT2D eigenvalue weighted by Crippen LogP contribution is 2.05. The van der Waals surface area contributed by atoms with Crippen LogP contribution in [0.25, 0.3) is 0 Å². The zero-order valence-electron chi connectivity index (χ0n) is 21.8. The predicted molar refractivity (Wildman–Crippen MR) is 141 cm³/mol. The van der Waals surface area contributed by atoms with Gasteiger partial charge in [0.2, 0.25) is 23.6 Å². The van der Waals surface area contributed by atoms with Gasteiger partial charge >= 0.3 is 5.97 Å². The van der Waals surface area contributed by atoms with E-state index in [-0.39, 0.29) is 57.1 Å². The van der Waals surface area contributed by atoms with E-state index in [1.165, 1.54) is 6.92 Å². The fourth-order valence-electron chi connectivity index (χ4n) is 3.17. The highest BCUT2D eigenvalue weighted by Gasteiger charge is 2.32. The Bertz CT molecular complexity index is 903. The van der Waals surface area contributed by atoms with E-state index in [0.717, 1.165) is 0 Å². The molecule has 0 saturated carbocycles. The van der Waals surface area contributed by atoms with Gasteiger partial charge in [0.15, 0.2) is 11.9 Å². The number of carboxylic acid groups (broad SMARTS) is 1. The average Bonchev–Trinajstić information content (AvgIpc) is 2.83. The van der Waals surface area contributed by atoms with E-state index >= 15 is 0 Å². The first kappa shape index (κ1) is 34.8. The zero-order valence-corrected chi connectivity index (χ0v) is 21.8. The molecule has 0 aromatic carbocycles. The maximum absolute atomic E-state index is 13.0. The molecule has 0 rings (SSSR count). The largest absolute Gasteiger partial charge is 0.480 e. The summed E-state index contributed by atoms with van der Waals surface area (Å²) in [6.45, 7) is 1.57. The van der Waals surface area contributed by atoms with E-state index in [1.54, 1.807) is 0 Å². The van der Waals surface area contributed by atoms with Gasteiger partial charge in [-0.1, -0.05) is 0 Å². The Labute approximate surface area is 225 Å². The topological polar surface area (TPSA) is 343 Å². The number of rotatable bonds is 19. The van der Waals surface area contributed by atoms with Gasteiger partial charge in [-0.3, -0.25) is 29.2 Å². The number of guanidine groups is 2. The number of hydrogen-bond donors (Lipinski definition) is 11. The highest BCUT2D eigenvalue weighted by molar-refractivity contribution is 5.94. The van der Waals surface area contributed by atoms with Crippen LogP contribution in [0.15, 0.2) is 9.98 Å². The molecule has 0 saturated heterocycles. The fourth-order valence-corrected chi connectivity index (χ4v) is 3.17. The Kier molecular flexibility index (Phi) is 16.2. The smallest absolute Gasteiger partial charge is 0.326 e. The summed E-state index contributed by atoms with van der Waals surface area (Å²) in [6, 6.07) is -5.33. The molecule has 0 aromatic rings. The van der Waals surface area contributed by atoms with Crippen LogP contribution in [0.1, 0.15) is 45.4 Å². The molecule has 4 amide bonds. The quantitative estimate of drug-likeness (QED) is 0.0401. The van der Waals surface area contributed by atoms with Crippen molar-refractivity contribution in [2.45, 2.75) is 75.7 Å². The summed E-state index contributed by atoms with van der Waals surface area (Å²) in [4.78, 5) is 68.5. The summed E-state index contributed by atoms with van der Waals surface area (Å²) in [5.41, 5.74) is 31.9. The highest BCUT2D eigenvalue weighted by atomic mass is 16.4. The standard InChI is InChI=1S/C21H41N11O7/c1-10(33)15(32-16(35)11(22)4-2-8-28-20(24)25)18(37)30-12(5-3-9-29-21(26)27)17(36)31-13(19(38)39)6-7-14(23)34/h10-13,15,33H,2-9,22H2,1H3,(H2,23,34)(H,30,37)(H,31,36)(H,32,35)(H,38,39)(H4,24,25,28)(H4,26,27,29). The van der Waals surface area contributed by atoms with Crippen LogP contribution >= 0.6 is 0 Å². The molecule has 0 fully saturated rings. The molecule has 0 heterocycles. The predicted octanol–water partition coefficient (Wildman–Crippen LogP) is -5.39. The molecule has 222 valence electrons. The van der Waals surface area contributed by atoms with E-state index in [4.69, 9.17) is 34.4 Å². The SMILES string of the molecule is CC(O)C(NC(=O)C(N)CCCN=C(N)N)C(=O)NC(CCCN=C(N)N)C(=O)NC(CCC(N)=O)C(=O)O. The molecule has 17 N–H and O–H groups in total. The molecule has 0 aromatic heterocycles. The fraction of sp³-hybridized carbons (Fsp3) is 0.667. The lowest BCUT2D eigenvalue weighted by Crippen LogP contribution is -2.59. The Morgan fingerprint density at radius 1 is 0.744 bits per heavy atom. The van der Waals surface area contributed by atoms with E-state index in [1.807, 2.05) is 0 Å². The third-order valence-corrected chi connectivity index (χ3v) is 5.24. The zero-order chi connectivity index (χ0) is 30.1. The number of carbonyl (C=O) groups is 5. The summed E-state index contributed by atoms with van der Waals surface area (Å²) >= 11 is 0. The van der Waals surface area contributed by atoms with E-state index in [0.29, 0.717) is 6.42 Å². The molecule has 0 bridgehead atoms. The number of nitrogens with zero attached hydrogens (tertiary/aromatic N) is 2. The van der Waals surface area contributed by atoms with E-state index in [2.05, 4.69) is 25.9 Å². The van der Waals surface area contributed by atoms with Crippen molar-refractivity contribution in [2.24, 2.45) is 44.4 Å². The molecule has 0 aliphatic carbocycles. The van der Waals surface area contributed by atoms with Gasteiger partial charge in [-0.05, 0) is 39.0 Å². The van der Waals surface area contributed by atoms with Crippen LogP contribution < -0.4 is 50.4 Å². The van der Waals surface area contributed by atoms with Crippen LogP contribution in [-0.2, 0) is 24.0 Å². The van der Waals surface area contributed by atoms with Gasteiger partial charge in [-0.25, -0.2) is 4.79 Å². The van der Waals surface area contributed by atoms with Crippen molar-refractivity contribution in [2.75, 3.05) is 13.1 Å². The Morgan fingerprint density at radius 2 is 1.26 bits per heavy atom. The average molecular weight is 560 g/mol. The van der Waals surface area contributed by atoms with Gasteiger partial charge in [0, 0.05) is 19.5 Å². The van der Waals surface area contributed by atoms with Crippen molar-refractivity contribution >= 4 is 41.5 Å². The van der Waals surface area contributed by atoms with Gasteiger partial charge in [0.1, 0.15) is 18.1 Å². The minimum Gasteiger partial charge on any atom is -0.480 e. The van der Waals surface area contributed by atoms with Crippen molar-refractivity contribution in [3.05, 3.63) is 0 Å². The van der Waals surface area contributed by atoms with Crippen LogP contribution in [0.4, 0.5) is 0 Å². The molecule has 0 spiro atoms. The van der Waals surface area contributed by atoms with Crippen molar-refractivity contribution in [1.82, 2.24) is 16.0 Å². The summed E-state index contributed by atoms with van der Waals surface area (Å²) in [5, 5.41) is 26.5. The first-order valence-corrected chi connectivity index (χ1v) is 12.1. The lowest BCUT2D eigenvalue weighted by molar-refractivity contribution is -0.142. The third-order valence-electron chi connectivity index (χ3n) is 5.24. The normalized spacial score (nSPS) is 14.4. The number of carboxylic acids is 1. The minimum absolute atomic E-state index is 0.0404. The first-order chi connectivity index (χ1) is 18.1. The maximum atomic E-state index is 13.0. The number of nitrogens with two attached hydrogens (primary N) is 6. The Morgan fingerprint density at radius 3 is 1.72 bits per heavy atom. The lowest BCUT2D eigenvalue weighted by atomic mass is 10.1. The number of aliphatic imine (C=N–C) groups is 2. The second-order valence-electron chi connectivity index (χ2n) is 8.70. The van der Waals surface area contributed by atoms with Crippen LogP contribution in [0, 0.1) is 0 Å². The summed E-state index contributed by atoms with van der Waals surface area (Å²) in [5.74, 6) is -5.05. The Hall–Kier alpha value is -4.19. The summed E-state index contributed by atoms with van der Waals surface area (Å²) in [7, 11) is 0. The second-order valence-corrected chi connectivity index (χ2v) is 8.70. The molecule has 0 aliphatic rings. The van der Waals surface area contributed by atoms with Crippen molar-refractivity contribution in [1.29, 1.82) is 0 Å². The van der Waals surface area contributed by atoms with Gasteiger partial charge in [-0.2, -0.15) is 0 Å². The monoisotopic (exact) mass is 559 g/mol. The summed E-state index contributed by atoms with van der Waals surface area (Å²) < 4.78 is 0. The first-order valence-electron chi connectivity index (χ1n) is 12.1. The number of carbonyl (C=O) groups excluding carboxylic acids is 4. The molecule has 39 heavy (non-hydrogen) atoms. The van der Waals surface area contributed by atoms with Gasteiger partial charge in [0.25, 0.3) is 0 Å². The van der Waals surface area contributed by atoms with Crippen molar-refractivity contribution in [3.63, 3.8) is 0 Å². The number of aliphatic hydroxyl groups is 1. The van der Waals surface area contributed by atoms with Gasteiger partial charge in [0.05, 0.1) is 12.1 Å². The molecule has 0 radical (unpaired) electrons. The third kappa shape index (κ3) is 15.6. The molecule has 18 heteroatoms. The maximum Gasteiger partial charge on any atom is 0.326 e. The number of amides is 4. The number of aliphatic hydroxyl groups excluding tert-OH is 1. The number of primary amides is 1. The number of aliphatic carboxylic acids is 1. The molecule has 18 nitrogen and oxygen atoms in total. The summed E-state index contributed by atoms with van der Waals surface area (Å²) in [6.07, 6.45) is -1.27. The second kappa shape index (κ2) is 18.1. The number of hydrogen-bond acceptors (Lipinski definition) is 9. The van der Waals surface area contributed by atoms with Crippen molar-refractivity contribution < 1.29 is 34.2 Å². The van der Waals surface area contributed by atoms with Crippen LogP contribution in [-0.4, -0.2) is 95.1 Å². The molecular formula is C21H41N11O7. The van der Waals surface area contributed by atoms with Crippen LogP contribution in [0.2, 0.25) is 0 Å². The van der Waals surface area contributed by atoms with E-state index < -0.39 is 59.9 Å². The van der Waals surface area contributed by atoms with Gasteiger partial charge < -0.3 is 60.6 Å². The van der Waals surface area contributed by atoms with Crippen LogP contribution in [0.5, 0.6) is 0 Å². The number of nitrogens with one attached hydrogen (secondary N) is 3. The molecule has 5 atom stereocenters. The minimum atomic E-state index is -1.50. The Balaban J connectivity index is 5.51. The van der Waals surface area contributed by atoms with Gasteiger partial charge in [-0.15, -0.1) is 0 Å². The molecule has 0 aliphatic heterocycles. The molecular weight excluding hydrogens is 518 g/mol.